The van der Waals surface area contributed by atoms with Crippen molar-refractivity contribution >= 4 is 17.7 Å². The minimum atomic E-state index is -0.502. The van der Waals surface area contributed by atoms with Gasteiger partial charge >= 0.3 is 0 Å². The molecular formula is C13H19NO2S. The van der Waals surface area contributed by atoms with E-state index in [4.69, 9.17) is 0 Å². The van der Waals surface area contributed by atoms with E-state index in [1.807, 2.05) is 31.2 Å². The first kappa shape index (κ1) is 14.1. The molecule has 0 fully saturated rings. The molecule has 2 N–H and O–H groups in total. The average Bonchev–Trinajstić information content (AvgIpc) is 2.34. The van der Waals surface area contributed by atoms with Gasteiger partial charge in [0.1, 0.15) is 0 Å². The fourth-order valence-electron chi connectivity index (χ4n) is 1.42. The fourth-order valence-corrected chi connectivity index (χ4v) is 2.38. The molecule has 0 aromatic heterocycles. The zero-order valence-corrected chi connectivity index (χ0v) is 11.1. The molecule has 17 heavy (non-hydrogen) atoms. The Labute approximate surface area is 107 Å². The molecule has 0 heterocycles. The maximum Gasteiger partial charge on any atom is 0.230 e. The van der Waals surface area contributed by atoms with Crippen molar-refractivity contribution in [2.75, 3.05) is 12.3 Å². The van der Waals surface area contributed by atoms with Crippen LogP contribution in [0.5, 0.6) is 0 Å². The number of hydrogen-bond acceptors (Lipinski definition) is 3. The van der Waals surface area contributed by atoms with Gasteiger partial charge in [0.2, 0.25) is 5.91 Å². The molecule has 1 amide bonds. The monoisotopic (exact) mass is 253 g/mol. The van der Waals surface area contributed by atoms with E-state index in [2.05, 4.69) is 5.32 Å². The van der Waals surface area contributed by atoms with Crippen molar-refractivity contribution in [1.82, 2.24) is 5.32 Å². The fraction of sp³-hybridized carbons (Fsp3) is 0.462. The van der Waals surface area contributed by atoms with Crippen LogP contribution in [-0.4, -0.2) is 23.3 Å². The normalized spacial score (nSPS) is 12.2. The maximum absolute atomic E-state index is 11.5. The van der Waals surface area contributed by atoms with Crippen molar-refractivity contribution in [3.05, 3.63) is 29.8 Å². The van der Waals surface area contributed by atoms with E-state index in [-0.39, 0.29) is 5.91 Å². The first-order valence-corrected chi connectivity index (χ1v) is 6.80. The zero-order valence-electron chi connectivity index (χ0n) is 10.3. The number of amides is 1. The lowest BCUT2D eigenvalue weighted by Crippen LogP contribution is -2.25. The highest BCUT2D eigenvalue weighted by Crippen LogP contribution is 2.26. The number of carbonyl (C=O) groups is 1. The van der Waals surface area contributed by atoms with E-state index in [1.54, 1.807) is 6.92 Å². The van der Waals surface area contributed by atoms with Gasteiger partial charge in [-0.25, -0.2) is 0 Å². The van der Waals surface area contributed by atoms with E-state index >= 15 is 0 Å². The number of hydrogen-bond donors (Lipinski definition) is 2. The summed E-state index contributed by atoms with van der Waals surface area (Å²) in [6.07, 6.45) is 0.443. The molecule has 1 aromatic carbocycles. The maximum atomic E-state index is 11.5. The standard InChI is InChI=1S/C13H19NO2S/c1-3-8-14-13(16)9-17-12-7-5-4-6-11(12)10(2)15/h4-7,10,15H,3,8-9H2,1-2H3,(H,14,16)/t10-/m1/s1. The highest BCUT2D eigenvalue weighted by molar-refractivity contribution is 8.00. The molecule has 0 spiro atoms. The topological polar surface area (TPSA) is 49.3 Å². The molecule has 1 aromatic rings. The Balaban J connectivity index is 2.54. The van der Waals surface area contributed by atoms with E-state index < -0.39 is 6.10 Å². The van der Waals surface area contributed by atoms with Gasteiger partial charge in [-0.05, 0) is 25.0 Å². The van der Waals surface area contributed by atoms with Crippen LogP contribution in [0.4, 0.5) is 0 Å². The third kappa shape index (κ3) is 4.79. The summed E-state index contributed by atoms with van der Waals surface area (Å²) >= 11 is 1.46. The van der Waals surface area contributed by atoms with Gasteiger partial charge in [0, 0.05) is 11.4 Å². The minimum absolute atomic E-state index is 0.0391. The number of benzene rings is 1. The zero-order chi connectivity index (χ0) is 12.7. The van der Waals surface area contributed by atoms with Crippen molar-refractivity contribution in [3.63, 3.8) is 0 Å². The third-order valence-corrected chi connectivity index (χ3v) is 3.39. The second-order valence-corrected chi connectivity index (χ2v) is 4.87. The molecule has 0 aliphatic carbocycles. The highest BCUT2D eigenvalue weighted by Gasteiger charge is 2.09. The van der Waals surface area contributed by atoms with Crippen LogP contribution in [0, 0.1) is 0 Å². The lowest BCUT2D eigenvalue weighted by molar-refractivity contribution is -0.118. The molecule has 0 aliphatic heterocycles. The van der Waals surface area contributed by atoms with E-state index in [0.717, 1.165) is 23.4 Å². The molecule has 1 rings (SSSR count). The van der Waals surface area contributed by atoms with Crippen LogP contribution in [0.25, 0.3) is 0 Å². The summed E-state index contributed by atoms with van der Waals surface area (Å²) in [6, 6.07) is 7.62. The molecule has 0 bridgehead atoms. The van der Waals surface area contributed by atoms with Gasteiger partial charge in [-0.15, -0.1) is 11.8 Å². The van der Waals surface area contributed by atoms with Crippen molar-refractivity contribution < 1.29 is 9.90 Å². The first-order valence-electron chi connectivity index (χ1n) is 5.81. The highest BCUT2D eigenvalue weighted by atomic mass is 32.2. The van der Waals surface area contributed by atoms with E-state index in [9.17, 15) is 9.90 Å². The molecular weight excluding hydrogens is 234 g/mol. The van der Waals surface area contributed by atoms with Crippen LogP contribution in [0.1, 0.15) is 31.9 Å². The smallest absolute Gasteiger partial charge is 0.230 e. The van der Waals surface area contributed by atoms with E-state index in [0.29, 0.717) is 5.75 Å². The predicted octanol–water partition coefficient (Wildman–Crippen LogP) is 2.36. The Morgan fingerprint density at radius 2 is 2.18 bits per heavy atom. The second kappa shape index (κ2) is 7.35. The van der Waals surface area contributed by atoms with Crippen LogP contribution in [0.15, 0.2) is 29.2 Å². The number of aliphatic hydroxyl groups excluding tert-OH is 1. The first-order chi connectivity index (χ1) is 8.15. The Morgan fingerprint density at radius 3 is 2.82 bits per heavy atom. The predicted molar refractivity (Wildman–Crippen MR) is 71.1 cm³/mol. The number of aliphatic hydroxyl groups is 1. The number of rotatable bonds is 6. The van der Waals surface area contributed by atoms with Gasteiger partial charge in [-0.2, -0.15) is 0 Å². The lowest BCUT2D eigenvalue weighted by atomic mass is 10.1. The van der Waals surface area contributed by atoms with Gasteiger partial charge in [0.05, 0.1) is 11.9 Å². The van der Waals surface area contributed by atoms with Crippen LogP contribution < -0.4 is 5.32 Å². The lowest BCUT2D eigenvalue weighted by Gasteiger charge is -2.11. The van der Waals surface area contributed by atoms with Crippen molar-refractivity contribution in [2.24, 2.45) is 0 Å². The summed E-state index contributed by atoms with van der Waals surface area (Å²) < 4.78 is 0. The SMILES string of the molecule is CCCNC(=O)CSc1ccccc1[C@@H](C)O. The number of nitrogens with one attached hydrogen (secondary N) is 1. The molecule has 94 valence electrons. The molecule has 0 saturated carbocycles. The van der Waals surface area contributed by atoms with Crippen molar-refractivity contribution in [2.45, 2.75) is 31.3 Å². The van der Waals surface area contributed by atoms with Crippen LogP contribution in [0.3, 0.4) is 0 Å². The number of thioether (sulfide) groups is 1. The van der Waals surface area contributed by atoms with Gasteiger partial charge in [0.15, 0.2) is 0 Å². The molecule has 3 nitrogen and oxygen atoms in total. The molecule has 1 atom stereocenters. The van der Waals surface area contributed by atoms with Gasteiger partial charge < -0.3 is 10.4 Å². The van der Waals surface area contributed by atoms with Gasteiger partial charge in [-0.3, -0.25) is 4.79 Å². The summed E-state index contributed by atoms with van der Waals surface area (Å²) in [7, 11) is 0. The molecule has 4 heteroatoms. The Bertz CT molecular complexity index is 366. The number of carbonyl (C=O) groups excluding carboxylic acids is 1. The molecule has 0 saturated heterocycles. The van der Waals surface area contributed by atoms with Crippen molar-refractivity contribution in [3.8, 4) is 0 Å². The van der Waals surface area contributed by atoms with Gasteiger partial charge in [0.25, 0.3) is 0 Å². The van der Waals surface area contributed by atoms with Crippen LogP contribution in [-0.2, 0) is 4.79 Å². The largest absolute Gasteiger partial charge is 0.389 e. The Morgan fingerprint density at radius 1 is 1.47 bits per heavy atom. The molecule has 0 unspecified atom stereocenters. The average molecular weight is 253 g/mol. The Hall–Kier alpha value is -1.00. The second-order valence-electron chi connectivity index (χ2n) is 3.85. The third-order valence-electron chi connectivity index (χ3n) is 2.30. The summed E-state index contributed by atoms with van der Waals surface area (Å²) in [4.78, 5) is 12.4. The molecule has 0 radical (unpaired) electrons. The van der Waals surface area contributed by atoms with Crippen LogP contribution in [0.2, 0.25) is 0 Å². The Kier molecular flexibility index (Phi) is 6.08. The van der Waals surface area contributed by atoms with E-state index in [1.165, 1.54) is 11.8 Å². The van der Waals surface area contributed by atoms with Crippen molar-refractivity contribution in [1.29, 1.82) is 0 Å². The summed E-state index contributed by atoms with van der Waals surface area (Å²) in [5.41, 5.74) is 0.876. The minimum Gasteiger partial charge on any atom is -0.389 e. The summed E-state index contributed by atoms with van der Waals surface area (Å²) in [6.45, 7) is 4.48. The molecule has 0 aliphatic rings. The van der Waals surface area contributed by atoms with Crippen LogP contribution >= 0.6 is 11.8 Å². The van der Waals surface area contributed by atoms with Gasteiger partial charge in [-0.1, -0.05) is 25.1 Å². The summed E-state index contributed by atoms with van der Waals surface area (Å²) in [5, 5.41) is 12.4. The summed E-state index contributed by atoms with van der Waals surface area (Å²) in [5.74, 6) is 0.432. The quantitative estimate of drug-likeness (QED) is 0.765.